The van der Waals surface area contributed by atoms with Gasteiger partial charge in [0, 0.05) is 25.8 Å². The quantitative estimate of drug-likeness (QED) is 0.480. The van der Waals surface area contributed by atoms with Crippen LogP contribution in [0.4, 0.5) is 0 Å². The van der Waals surface area contributed by atoms with E-state index >= 15 is 0 Å². The van der Waals surface area contributed by atoms with Crippen LogP contribution in [0.2, 0.25) is 0 Å². The highest BCUT2D eigenvalue weighted by Gasteiger charge is 2.15. The number of aliphatic imine (C=N–C) groups is 3. The van der Waals surface area contributed by atoms with E-state index in [2.05, 4.69) is 26.8 Å². The van der Waals surface area contributed by atoms with Crippen LogP contribution in [0.1, 0.15) is 39.5 Å². The first-order valence-corrected chi connectivity index (χ1v) is 7.03. The smallest absolute Gasteiger partial charge is 0.227 e. The summed E-state index contributed by atoms with van der Waals surface area (Å²) in [7, 11) is 0. The van der Waals surface area contributed by atoms with Gasteiger partial charge >= 0.3 is 0 Å². The van der Waals surface area contributed by atoms with Crippen LogP contribution < -0.4 is 5.73 Å². The highest BCUT2D eigenvalue weighted by atomic mass is 15.3. The molecule has 0 aromatic heterocycles. The molecule has 19 heavy (non-hydrogen) atoms. The average Bonchev–Trinajstić information content (AvgIpc) is 2.92. The molecule has 0 unspecified atom stereocenters. The van der Waals surface area contributed by atoms with E-state index < -0.39 is 0 Å². The van der Waals surface area contributed by atoms with Crippen LogP contribution in [-0.2, 0) is 0 Å². The highest BCUT2D eigenvalue weighted by Crippen LogP contribution is 2.09. The molecule has 1 saturated heterocycles. The van der Waals surface area contributed by atoms with Gasteiger partial charge in [0.2, 0.25) is 5.96 Å². The number of amidine groups is 1. The van der Waals surface area contributed by atoms with Crippen LogP contribution in [0.5, 0.6) is 0 Å². The molecule has 0 radical (unpaired) electrons. The maximum absolute atomic E-state index is 5.30. The molecule has 0 aromatic carbocycles. The molecule has 0 spiro atoms. The topological polar surface area (TPSA) is 66.3 Å². The predicted octanol–water partition coefficient (Wildman–Crippen LogP) is 2.20. The molecule has 5 nitrogen and oxygen atoms in total. The Labute approximate surface area is 116 Å². The highest BCUT2D eigenvalue weighted by molar-refractivity contribution is 5.99. The minimum atomic E-state index is 0.744. The van der Waals surface area contributed by atoms with Gasteiger partial charge < -0.3 is 10.6 Å². The second-order valence-corrected chi connectivity index (χ2v) is 4.55. The minimum absolute atomic E-state index is 0.744. The van der Waals surface area contributed by atoms with E-state index in [9.17, 15) is 0 Å². The maximum Gasteiger partial charge on any atom is 0.227 e. The van der Waals surface area contributed by atoms with Gasteiger partial charge in [-0.2, -0.15) is 4.99 Å². The number of nitrogens with zero attached hydrogens (tertiary/aromatic N) is 4. The molecule has 1 aliphatic rings. The molecule has 5 heteroatoms. The summed E-state index contributed by atoms with van der Waals surface area (Å²) in [6.45, 7) is 6.97. The van der Waals surface area contributed by atoms with Crippen molar-refractivity contribution in [3.8, 4) is 0 Å². The summed E-state index contributed by atoms with van der Waals surface area (Å²) in [5.41, 5.74) is 5.30. The molecular weight excluding hydrogens is 238 g/mol. The van der Waals surface area contributed by atoms with Crippen molar-refractivity contribution in [1.29, 1.82) is 0 Å². The molecule has 0 aliphatic carbocycles. The second-order valence-electron chi connectivity index (χ2n) is 4.55. The van der Waals surface area contributed by atoms with Gasteiger partial charge in [-0.1, -0.05) is 13.3 Å². The van der Waals surface area contributed by atoms with Gasteiger partial charge in [-0.3, -0.25) is 4.99 Å². The van der Waals surface area contributed by atoms with Crippen molar-refractivity contribution in [2.45, 2.75) is 39.5 Å². The molecule has 0 atom stereocenters. The number of hydrogen-bond acceptors (Lipinski definition) is 2. The Morgan fingerprint density at radius 1 is 1.32 bits per heavy atom. The maximum atomic E-state index is 5.30. The SMILES string of the molecule is CCCCN=C(C)N=C(N=CC=CN)N1CCCC1. The normalized spacial score (nSPS) is 18.1. The first-order valence-electron chi connectivity index (χ1n) is 7.03. The summed E-state index contributed by atoms with van der Waals surface area (Å²) >= 11 is 0. The Bertz CT molecular complexity index is 362. The van der Waals surface area contributed by atoms with E-state index in [1.807, 2.05) is 6.92 Å². The number of hydrogen-bond donors (Lipinski definition) is 1. The van der Waals surface area contributed by atoms with Gasteiger partial charge in [-0.05, 0) is 38.5 Å². The fraction of sp³-hybridized carbons (Fsp3) is 0.643. The fourth-order valence-corrected chi connectivity index (χ4v) is 1.84. The molecule has 1 aliphatic heterocycles. The standard InChI is InChI=1S/C14H25N5/c1-3-4-9-16-13(2)18-14(17-10-7-8-15)19-11-5-6-12-19/h7-8,10H,3-6,9,11-12,15H2,1-2H3. The van der Waals surface area contributed by atoms with Crippen LogP contribution in [0.15, 0.2) is 27.3 Å². The zero-order chi connectivity index (χ0) is 13.9. The van der Waals surface area contributed by atoms with E-state index in [-0.39, 0.29) is 0 Å². The summed E-state index contributed by atoms with van der Waals surface area (Å²) in [6.07, 6.45) is 9.50. The van der Waals surface area contributed by atoms with E-state index in [0.29, 0.717) is 0 Å². The largest absolute Gasteiger partial charge is 0.405 e. The van der Waals surface area contributed by atoms with Gasteiger partial charge in [0.1, 0.15) is 5.84 Å². The summed E-state index contributed by atoms with van der Waals surface area (Å²) in [5.74, 6) is 1.54. The Balaban J connectivity index is 2.73. The summed E-state index contributed by atoms with van der Waals surface area (Å²) < 4.78 is 0. The molecule has 106 valence electrons. The molecule has 0 aromatic rings. The van der Waals surface area contributed by atoms with Crippen molar-refractivity contribution < 1.29 is 0 Å². The van der Waals surface area contributed by atoms with Crippen LogP contribution >= 0.6 is 0 Å². The lowest BCUT2D eigenvalue weighted by Crippen LogP contribution is -2.27. The monoisotopic (exact) mass is 263 g/mol. The Hall–Kier alpha value is -1.65. The molecule has 1 fully saturated rings. The average molecular weight is 263 g/mol. The van der Waals surface area contributed by atoms with Gasteiger partial charge in [0.15, 0.2) is 0 Å². The van der Waals surface area contributed by atoms with E-state index in [1.165, 1.54) is 19.0 Å². The van der Waals surface area contributed by atoms with E-state index in [1.54, 1.807) is 12.3 Å². The molecule has 1 heterocycles. The van der Waals surface area contributed by atoms with E-state index in [0.717, 1.165) is 44.3 Å². The van der Waals surface area contributed by atoms with Gasteiger partial charge in [-0.25, -0.2) is 4.99 Å². The number of allylic oxidation sites excluding steroid dienone is 1. The first kappa shape index (κ1) is 15.4. The Morgan fingerprint density at radius 3 is 2.68 bits per heavy atom. The molecular formula is C14H25N5. The molecule has 0 bridgehead atoms. The van der Waals surface area contributed by atoms with E-state index in [4.69, 9.17) is 5.73 Å². The van der Waals surface area contributed by atoms with Crippen LogP contribution in [0.25, 0.3) is 0 Å². The van der Waals surface area contributed by atoms with Crippen LogP contribution in [-0.4, -0.2) is 42.5 Å². The van der Waals surface area contributed by atoms with Gasteiger partial charge in [0.25, 0.3) is 0 Å². The van der Waals surface area contributed by atoms with Crippen LogP contribution in [0, 0.1) is 0 Å². The third kappa shape index (κ3) is 6.18. The van der Waals surface area contributed by atoms with Gasteiger partial charge in [0.05, 0.1) is 0 Å². The molecule has 0 saturated carbocycles. The van der Waals surface area contributed by atoms with Crippen molar-refractivity contribution in [1.82, 2.24) is 4.90 Å². The van der Waals surface area contributed by atoms with Crippen molar-refractivity contribution in [3.05, 3.63) is 12.3 Å². The minimum Gasteiger partial charge on any atom is -0.405 e. The molecule has 1 rings (SSSR count). The van der Waals surface area contributed by atoms with Crippen molar-refractivity contribution in [2.75, 3.05) is 19.6 Å². The number of guanidine groups is 1. The molecule has 2 N–H and O–H groups in total. The Morgan fingerprint density at radius 2 is 2.05 bits per heavy atom. The Kier molecular flexibility index (Phi) is 7.54. The number of unbranched alkanes of at least 4 members (excludes halogenated alkanes) is 1. The fourth-order valence-electron chi connectivity index (χ4n) is 1.84. The zero-order valence-corrected chi connectivity index (χ0v) is 12.0. The summed E-state index contributed by atoms with van der Waals surface area (Å²) in [6, 6.07) is 0. The predicted molar refractivity (Wildman–Crippen MR) is 82.9 cm³/mol. The van der Waals surface area contributed by atoms with Crippen LogP contribution in [0.3, 0.4) is 0 Å². The second kappa shape index (κ2) is 9.30. The lowest BCUT2D eigenvalue weighted by atomic mass is 10.3. The first-order chi connectivity index (χ1) is 9.27. The van der Waals surface area contributed by atoms with Crippen molar-refractivity contribution >= 4 is 18.0 Å². The number of rotatable bonds is 4. The summed E-state index contributed by atoms with van der Waals surface area (Å²) in [4.78, 5) is 15.5. The third-order valence-electron chi connectivity index (χ3n) is 2.89. The summed E-state index contributed by atoms with van der Waals surface area (Å²) in [5, 5.41) is 0. The van der Waals surface area contributed by atoms with Crippen molar-refractivity contribution in [2.24, 2.45) is 20.7 Å². The third-order valence-corrected chi connectivity index (χ3v) is 2.89. The lowest BCUT2D eigenvalue weighted by molar-refractivity contribution is 0.514. The molecule has 0 amide bonds. The number of nitrogens with two attached hydrogens (primary N) is 1. The van der Waals surface area contributed by atoms with Crippen molar-refractivity contribution in [3.63, 3.8) is 0 Å². The number of likely N-dealkylation sites (tertiary alicyclic amines) is 1. The van der Waals surface area contributed by atoms with Gasteiger partial charge in [-0.15, -0.1) is 0 Å². The zero-order valence-electron chi connectivity index (χ0n) is 12.0. The lowest BCUT2D eigenvalue weighted by Gasteiger charge is -2.15.